The number of carboxylic acid groups (broad SMARTS) is 1. The minimum absolute atomic E-state index is 0.0464. The summed E-state index contributed by atoms with van der Waals surface area (Å²) in [5.74, 6) is -1.27. The van der Waals surface area contributed by atoms with Crippen molar-refractivity contribution < 1.29 is 23.1 Å². The minimum atomic E-state index is -3.93. The molecule has 0 aliphatic rings. The molecule has 1 rings (SSSR count). The first-order valence-corrected chi connectivity index (χ1v) is 5.66. The Labute approximate surface area is 84.0 Å². The first kappa shape index (κ1) is 11.0. The lowest BCUT2D eigenvalue weighted by molar-refractivity contribution is 0.0702. The predicted molar refractivity (Wildman–Crippen MR) is 49.2 cm³/mol. The Balaban J connectivity index is 3.37. The van der Waals surface area contributed by atoms with Crippen molar-refractivity contribution in [3.63, 3.8) is 0 Å². The van der Waals surface area contributed by atoms with Gasteiger partial charge in [-0.15, -0.1) is 11.3 Å². The third-order valence-corrected chi connectivity index (χ3v) is 3.92. The van der Waals surface area contributed by atoms with Crippen LogP contribution in [-0.4, -0.2) is 26.6 Å². The van der Waals surface area contributed by atoms with Gasteiger partial charge in [-0.25, -0.2) is 18.4 Å². The summed E-state index contributed by atoms with van der Waals surface area (Å²) in [4.78, 5) is 10.4. The molecule has 0 aromatic carbocycles. The Morgan fingerprint density at radius 3 is 2.50 bits per heavy atom. The van der Waals surface area contributed by atoms with E-state index in [4.69, 9.17) is 15.0 Å². The average molecular weight is 237 g/mol. The first-order valence-electron chi connectivity index (χ1n) is 3.30. The van der Waals surface area contributed by atoms with Crippen LogP contribution in [0.15, 0.2) is 10.3 Å². The van der Waals surface area contributed by atoms with E-state index in [-0.39, 0.29) is 14.8 Å². The molecule has 0 fully saturated rings. The fraction of sp³-hybridized carbons (Fsp3) is 0.167. The highest BCUT2D eigenvalue weighted by atomic mass is 32.2. The summed E-state index contributed by atoms with van der Waals surface area (Å²) >= 11 is 0.562. The number of thiophene rings is 1. The van der Waals surface area contributed by atoms with Crippen LogP contribution in [0.1, 0.15) is 9.67 Å². The van der Waals surface area contributed by atoms with Crippen molar-refractivity contribution in [3.05, 3.63) is 10.9 Å². The Morgan fingerprint density at radius 2 is 2.21 bits per heavy atom. The van der Waals surface area contributed by atoms with Crippen LogP contribution in [0.5, 0.6) is 5.75 Å². The Bertz CT molecular complexity index is 461. The lowest BCUT2D eigenvalue weighted by Gasteiger charge is -1.97. The number of hydrogen-bond donors (Lipinski definition) is 2. The second kappa shape index (κ2) is 3.56. The Hall–Kier alpha value is -1.12. The third kappa shape index (κ3) is 2.03. The van der Waals surface area contributed by atoms with Crippen molar-refractivity contribution in [2.45, 2.75) is 4.21 Å². The highest BCUT2D eigenvalue weighted by Gasteiger charge is 2.21. The van der Waals surface area contributed by atoms with Gasteiger partial charge < -0.3 is 9.84 Å². The second-order valence-corrected chi connectivity index (χ2v) is 5.13. The normalized spacial score (nSPS) is 11.3. The molecule has 0 saturated carbocycles. The molecular weight excluding hydrogens is 230 g/mol. The van der Waals surface area contributed by atoms with E-state index in [9.17, 15) is 13.2 Å². The summed E-state index contributed by atoms with van der Waals surface area (Å²) in [6.07, 6.45) is 0. The Kier molecular flexibility index (Phi) is 2.79. The van der Waals surface area contributed by atoms with Crippen molar-refractivity contribution in [2.75, 3.05) is 7.11 Å². The number of nitrogens with two attached hydrogens (primary N) is 1. The van der Waals surface area contributed by atoms with Crippen molar-refractivity contribution in [2.24, 2.45) is 5.14 Å². The van der Waals surface area contributed by atoms with E-state index in [2.05, 4.69) is 0 Å². The van der Waals surface area contributed by atoms with Gasteiger partial charge in [-0.1, -0.05) is 0 Å². The van der Waals surface area contributed by atoms with Crippen molar-refractivity contribution in [1.29, 1.82) is 0 Å². The summed E-state index contributed by atoms with van der Waals surface area (Å²) in [6, 6.07) is 1.12. The molecule has 0 aliphatic heterocycles. The molecule has 0 spiro atoms. The molecule has 1 heterocycles. The van der Waals surface area contributed by atoms with Gasteiger partial charge in [0.25, 0.3) is 10.0 Å². The fourth-order valence-electron chi connectivity index (χ4n) is 0.804. The molecule has 14 heavy (non-hydrogen) atoms. The van der Waals surface area contributed by atoms with Crippen molar-refractivity contribution in [1.82, 2.24) is 0 Å². The van der Waals surface area contributed by atoms with Gasteiger partial charge in [0.2, 0.25) is 0 Å². The maximum absolute atomic E-state index is 11.0. The first-order chi connectivity index (χ1) is 6.36. The number of aromatic carboxylic acids is 1. The van der Waals surface area contributed by atoms with Gasteiger partial charge in [-0.2, -0.15) is 0 Å². The quantitative estimate of drug-likeness (QED) is 0.775. The summed E-state index contributed by atoms with van der Waals surface area (Å²) < 4.78 is 26.3. The molecule has 1 aromatic heterocycles. The topological polar surface area (TPSA) is 107 Å². The maximum Gasteiger partial charge on any atom is 0.346 e. The van der Waals surface area contributed by atoms with Crippen LogP contribution in [0.2, 0.25) is 0 Å². The van der Waals surface area contributed by atoms with E-state index < -0.39 is 16.0 Å². The van der Waals surface area contributed by atoms with Crippen LogP contribution in [0.4, 0.5) is 0 Å². The molecule has 0 radical (unpaired) electrons. The van der Waals surface area contributed by atoms with E-state index in [1.165, 1.54) is 7.11 Å². The number of methoxy groups -OCH3 is 1. The van der Waals surface area contributed by atoms with Gasteiger partial charge in [0.1, 0.15) is 4.88 Å². The van der Waals surface area contributed by atoms with Crippen molar-refractivity contribution in [3.8, 4) is 5.75 Å². The van der Waals surface area contributed by atoms with Crippen LogP contribution in [0.3, 0.4) is 0 Å². The lowest BCUT2D eigenvalue weighted by Crippen LogP contribution is -2.11. The lowest BCUT2D eigenvalue weighted by atomic mass is 10.4. The smallest absolute Gasteiger partial charge is 0.346 e. The number of primary sulfonamides is 1. The van der Waals surface area contributed by atoms with Crippen LogP contribution in [-0.2, 0) is 10.0 Å². The predicted octanol–water partition coefficient (Wildman–Crippen LogP) is 0.102. The largest absolute Gasteiger partial charge is 0.494 e. The van der Waals surface area contributed by atoms with Gasteiger partial charge in [-0.3, -0.25) is 0 Å². The molecule has 0 aliphatic carbocycles. The number of carboxylic acids is 1. The van der Waals surface area contributed by atoms with Gasteiger partial charge >= 0.3 is 5.97 Å². The monoisotopic (exact) mass is 237 g/mol. The van der Waals surface area contributed by atoms with Gasteiger partial charge in [0, 0.05) is 6.07 Å². The zero-order chi connectivity index (χ0) is 10.9. The van der Waals surface area contributed by atoms with E-state index >= 15 is 0 Å². The SMILES string of the molecule is COc1cc(C(=O)O)sc1S(N)(=O)=O. The molecule has 1 aromatic rings. The zero-order valence-corrected chi connectivity index (χ0v) is 8.68. The van der Waals surface area contributed by atoms with E-state index in [0.29, 0.717) is 11.3 Å². The fourth-order valence-corrected chi connectivity index (χ4v) is 2.66. The van der Waals surface area contributed by atoms with Gasteiger partial charge in [-0.05, 0) is 0 Å². The number of sulfonamides is 1. The van der Waals surface area contributed by atoms with Crippen LogP contribution in [0.25, 0.3) is 0 Å². The zero-order valence-electron chi connectivity index (χ0n) is 7.05. The van der Waals surface area contributed by atoms with E-state index in [1.54, 1.807) is 0 Å². The van der Waals surface area contributed by atoms with Crippen LogP contribution < -0.4 is 9.88 Å². The van der Waals surface area contributed by atoms with Crippen LogP contribution >= 0.6 is 11.3 Å². The molecule has 78 valence electrons. The summed E-state index contributed by atoms with van der Waals surface area (Å²) in [7, 11) is -2.69. The molecule has 6 nitrogen and oxygen atoms in total. The maximum atomic E-state index is 11.0. The molecular formula is C6H7NO5S2. The Morgan fingerprint density at radius 1 is 1.64 bits per heavy atom. The molecule has 0 atom stereocenters. The number of hydrogen-bond acceptors (Lipinski definition) is 5. The number of ether oxygens (including phenoxy) is 1. The summed E-state index contributed by atoms with van der Waals surface area (Å²) in [5, 5.41) is 13.5. The molecule has 0 amide bonds. The summed E-state index contributed by atoms with van der Waals surface area (Å²) in [6.45, 7) is 0. The molecule has 3 N–H and O–H groups in total. The molecule has 0 bridgehead atoms. The molecule has 8 heteroatoms. The van der Waals surface area contributed by atoms with E-state index in [0.717, 1.165) is 6.07 Å². The highest BCUT2D eigenvalue weighted by Crippen LogP contribution is 2.32. The van der Waals surface area contributed by atoms with Crippen LogP contribution in [0, 0.1) is 0 Å². The van der Waals surface area contributed by atoms with Crippen molar-refractivity contribution >= 4 is 27.3 Å². The van der Waals surface area contributed by atoms with E-state index in [1.807, 2.05) is 0 Å². The second-order valence-electron chi connectivity index (χ2n) is 2.32. The molecule has 0 saturated heterocycles. The third-order valence-electron chi connectivity index (χ3n) is 1.36. The highest BCUT2D eigenvalue weighted by molar-refractivity contribution is 7.91. The minimum Gasteiger partial charge on any atom is -0.494 e. The van der Waals surface area contributed by atoms with Gasteiger partial charge in [0.05, 0.1) is 7.11 Å². The standard InChI is InChI=1S/C6H7NO5S2/c1-12-3-2-4(5(8)9)13-6(3)14(7,10)11/h2H,1H3,(H,8,9)(H2,7,10,11). The summed E-state index contributed by atoms with van der Waals surface area (Å²) in [5.41, 5.74) is 0. The number of carbonyl (C=O) groups is 1. The van der Waals surface area contributed by atoms with Gasteiger partial charge in [0.15, 0.2) is 9.96 Å². The number of rotatable bonds is 3. The average Bonchev–Trinajstić information content (AvgIpc) is 2.46. The molecule has 0 unspecified atom stereocenters.